The Morgan fingerprint density at radius 2 is 1.92 bits per heavy atom. The number of unbranched alkanes of at least 4 members (excludes halogenated alkanes) is 1. The Morgan fingerprint density at radius 1 is 1.16 bits per heavy atom. The summed E-state index contributed by atoms with van der Waals surface area (Å²) >= 11 is 0. The Bertz CT molecular complexity index is 1390. The van der Waals surface area contributed by atoms with Gasteiger partial charge in [0, 0.05) is 42.3 Å². The molecule has 0 bridgehead atoms. The van der Waals surface area contributed by atoms with E-state index >= 15 is 0 Å². The van der Waals surface area contributed by atoms with Gasteiger partial charge in [-0.15, -0.1) is 0 Å². The van der Waals surface area contributed by atoms with Gasteiger partial charge in [0.1, 0.15) is 11.5 Å². The second kappa shape index (κ2) is 11.8. The Hall–Kier alpha value is -3.68. The van der Waals surface area contributed by atoms with Gasteiger partial charge in [0.25, 0.3) is 5.56 Å². The van der Waals surface area contributed by atoms with E-state index in [9.17, 15) is 18.8 Å². The first-order valence-corrected chi connectivity index (χ1v) is 13.3. The van der Waals surface area contributed by atoms with Gasteiger partial charge >= 0.3 is 0 Å². The van der Waals surface area contributed by atoms with Crippen LogP contribution in [-0.2, 0) is 22.6 Å². The summed E-state index contributed by atoms with van der Waals surface area (Å²) < 4.78 is 15.8. The predicted molar refractivity (Wildman–Crippen MR) is 149 cm³/mol. The highest BCUT2D eigenvalue weighted by molar-refractivity contribution is 5.90. The van der Waals surface area contributed by atoms with Crippen LogP contribution in [0.5, 0.6) is 0 Å². The highest BCUT2D eigenvalue weighted by Gasteiger charge is 2.17. The van der Waals surface area contributed by atoms with Crippen LogP contribution in [0.25, 0.3) is 10.9 Å². The number of anilines is 1. The second-order valence-corrected chi connectivity index (χ2v) is 11.3. The number of H-pyrrole nitrogens is 1. The smallest absolute Gasteiger partial charge is 0.274 e. The van der Waals surface area contributed by atoms with E-state index in [4.69, 9.17) is 0 Å². The van der Waals surface area contributed by atoms with E-state index in [2.05, 4.69) is 31.1 Å². The lowest BCUT2D eigenvalue weighted by atomic mass is 9.87. The van der Waals surface area contributed by atoms with Crippen molar-refractivity contribution >= 4 is 28.4 Å². The Labute approximate surface area is 222 Å². The number of carbonyl (C=O) groups is 2. The Balaban J connectivity index is 1.36. The fourth-order valence-corrected chi connectivity index (χ4v) is 4.89. The lowest BCUT2D eigenvalue weighted by molar-refractivity contribution is -0.125. The summed E-state index contributed by atoms with van der Waals surface area (Å²) in [6, 6.07) is 8.24. The van der Waals surface area contributed by atoms with Crippen LogP contribution < -0.4 is 10.9 Å². The van der Waals surface area contributed by atoms with Crippen molar-refractivity contribution in [3.8, 4) is 0 Å². The number of likely N-dealkylation sites (tertiary alicyclic amines) is 1. The van der Waals surface area contributed by atoms with E-state index in [1.54, 1.807) is 30.5 Å². The van der Waals surface area contributed by atoms with Crippen molar-refractivity contribution in [2.24, 2.45) is 5.41 Å². The number of nitrogens with one attached hydrogen (secondary N) is 2. The third kappa shape index (κ3) is 7.21. The van der Waals surface area contributed by atoms with Crippen LogP contribution in [0, 0.1) is 11.2 Å². The molecule has 1 aromatic carbocycles. The molecule has 3 heterocycles. The maximum Gasteiger partial charge on any atom is 0.274 e. The van der Waals surface area contributed by atoms with Gasteiger partial charge < -0.3 is 19.8 Å². The van der Waals surface area contributed by atoms with Crippen LogP contribution in [0.15, 0.2) is 53.5 Å². The van der Waals surface area contributed by atoms with Crippen LogP contribution in [0.1, 0.15) is 64.1 Å². The van der Waals surface area contributed by atoms with Crippen molar-refractivity contribution in [2.75, 3.05) is 18.4 Å². The molecule has 1 fully saturated rings. The fraction of sp³-hybridized carbons (Fsp3) is 0.433. The molecule has 1 saturated heterocycles. The summed E-state index contributed by atoms with van der Waals surface area (Å²) in [4.78, 5) is 42.7. The number of aromatic nitrogens is 2. The standard InChI is InChI=1S/C30H37FN4O3/c1-30(2,3)19-22-17-23(31)16-21-18-24(32-28(21)22)20-35-15-9-10-25(29(35)38)33-26(36)11-5-4-6-12-27(37)34-13-7-8-14-34/h6,9-10,12,15-18,32H,4-5,7-8,11,13-14,19-20H2,1-3H3,(H,33,36)/b12-6+. The zero-order chi connectivity index (χ0) is 27.3. The second-order valence-electron chi connectivity index (χ2n) is 11.3. The van der Waals surface area contributed by atoms with Gasteiger partial charge in [-0.1, -0.05) is 26.8 Å². The van der Waals surface area contributed by atoms with E-state index in [0.29, 0.717) is 19.3 Å². The molecule has 0 saturated carbocycles. The number of halogens is 1. The monoisotopic (exact) mass is 520 g/mol. The quantitative estimate of drug-likeness (QED) is 0.293. The average molecular weight is 521 g/mol. The SMILES string of the molecule is CC(C)(C)Cc1cc(F)cc2cc(Cn3cccc(NC(=O)CCC/C=C/C(=O)N4CCCC4)c3=O)[nH]c12. The average Bonchev–Trinajstić information content (AvgIpc) is 3.50. The molecule has 8 heteroatoms. The predicted octanol–water partition coefficient (Wildman–Crippen LogP) is 5.39. The molecule has 1 aliphatic heterocycles. The van der Waals surface area contributed by atoms with Crippen LogP contribution in [0.3, 0.4) is 0 Å². The summed E-state index contributed by atoms with van der Waals surface area (Å²) in [5.74, 6) is -0.493. The topological polar surface area (TPSA) is 87.2 Å². The molecule has 0 unspecified atom stereocenters. The van der Waals surface area contributed by atoms with Gasteiger partial charge in [0.2, 0.25) is 11.8 Å². The lowest BCUT2D eigenvalue weighted by Crippen LogP contribution is -2.25. The zero-order valence-electron chi connectivity index (χ0n) is 22.5. The minimum atomic E-state index is -0.309. The molecular weight excluding hydrogens is 483 g/mol. The number of hydrogen-bond donors (Lipinski definition) is 2. The van der Waals surface area contributed by atoms with Crippen molar-refractivity contribution in [1.82, 2.24) is 14.5 Å². The first-order valence-electron chi connectivity index (χ1n) is 13.3. The maximum absolute atomic E-state index is 14.2. The van der Waals surface area contributed by atoms with Gasteiger partial charge in [-0.2, -0.15) is 0 Å². The van der Waals surface area contributed by atoms with Gasteiger partial charge in [-0.3, -0.25) is 14.4 Å². The summed E-state index contributed by atoms with van der Waals surface area (Å²) in [5, 5.41) is 3.49. The normalized spacial score (nSPS) is 14.1. The number of nitrogens with zero attached hydrogens (tertiary/aromatic N) is 2. The molecular formula is C30H37FN4O3. The number of fused-ring (bicyclic) bond motifs is 1. The van der Waals surface area contributed by atoms with Crippen LogP contribution in [-0.4, -0.2) is 39.4 Å². The van der Waals surface area contributed by atoms with Crippen LogP contribution in [0.4, 0.5) is 10.1 Å². The molecule has 38 heavy (non-hydrogen) atoms. The van der Waals surface area contributed by atoms with Gasteiger partial charge in [0.05, 0.1) is 6.54 Å². The van der Waals surface area contributed by atoms with Gasteiger partial charge in [0.15, 0.2) is 0 Å². The molecule has 2 N–H and O–H groups in total. The molecule has 0 spiro atoms. The summed E-state index contributed by atoms with van der Waals surface area (Å²) in [7, 11) is 0. The van der Waals surface area contributed by atoms with Crippen LogP contribution in [0.2, 0.25) is 0 Å². The Kier molecular flexibility index (Phi) is 8.49. The molecule has 0 aliphatic carbocycles. The number of pyridine rings is 1. The number of amides is 2. The zero-order valence-corrected chi connectivity index (χ0v) is 22.5. The van der Waals surface area contributed by atoms with E-state index < -0.39 is 0 Å². The van der Waals surface area contributed by atoms with Crippen molar-refractivity contribution in [3.05, 3.63) is 76.1 Å². The van der Waals surface area contributed by atoms with Crippen molar-refractivity contribution in [1.29, 1.82) is 0 Å². The minimum Gasteiger partial charge on any atom is -0.357 e. The van der Waals surface area contributed by atoms with Crippen molar-refractivity contribution in [2.45, 2.75) is 65.8 Å². The van der Waals surface area contributed by atoms with Crippen LogP contribution >= 0.6 is 0 Å². The molecule has 7 nitrogen and oxygen atoms in total. The minimum absolute atomic E-state index is 0.00319. The highest BCUT2D eigenvalue weighted by Crippen LogP contribution is 2.28. The van der Waals surface area contributed by atoms with Crippen molar-refractivity contribution < 1.29 is 14.0 Å². The number of allylic oxidation sites excluding steroid dienone is 1. The third-order valence-corrected chi connectivity index (χ3v) is 6.64. The lowest BCUT2D eigenvalue weighted by Gasteiger charge is -2.18. The summed E-state index contributed by atoms with van der Waals surface area (Å²) in [6.45, 7) is 8.23. The Morgan fingerprint density at radius 3 is 2.66 bits per heavy atom. The third-order valence-electron chi connectivity index (χ3n) is 6.64. The first kappa shape index (κ1) is 27.4. The van der Waals surface area contributed by atoms with E-state index in [1.807, 2.05) is 17.0 Å². The maximum atomic E-state index is 14.2. The van der Waals surface area contributed by atoms with Gasteiger partial charge in [-0.25, -0.2) is 4.39 Å². The molecule has 3 aromatic rings. The number of hydrogen-bond acceptors (Lipinski definition) is 3. The number of rotatable bonds is 9. The first-order chi connectivity index (χ1) is 18.1. The largest absolute Gasteiger partial charge is 0.357 e. The molecule has 2 aromatic heterocycles. The summed E-state index contributed by atoms with van der Waals surface area (Å²) in [6.07, 6.45) is 9.34. The van der Waals surface area contributed by atoms with E-state index in [-0.39, 0.29) is 47.3 Å². The number of aromatic amines is 1. The highest BCUT2D eigenvalue weighted by atomic mass is 19.1. The molecule has 0 radical (unpaired) electrons. The van der Waals surface area contributed by atoms with E-state index in [0.717, 1.165) is 48.1 Å². The number of carbonyl (C=O) groups excluding carboxylic acids is 2. The van der Waals surface area contributed by atoms with Crippen molar-refractivity contribution in [3.63, 3.8) is 0 Å². The molecule has 1 aliphatic rings. The molecule has 2 amide bonds. The molecule has 4 rings (SSSR count). The summed E-state index contributed by atoms with van der Waals surface area (Å²) in [5.41, 5.74) is 2.47. The molecule has 0 atom stereocenters. The number of benzene rings is 1. The van der Waals surface area contributed by atoms with Gasteiger partial charge in [-0.05, 0) is 79.5 Å². The fourth-order valence-electron chi connectivity index (χ4n) is 4.89. The molecule has 202 valence electrons. The van der Waals surface area contributed by atoms with E-state index in [1.165, 1.54) is 10.6 Å².